The van der Waals surface area contributed by atoms with Crippen molar-refractivity contribution in [3.05, 3.63) is 11.9 Å². The summed E-state index contributed by atoms with van der Waals surface area (Å²) in [6.45, 7) is 5.14. The van der Waals surface area contributed by atoms with Gasteiger partial charge in [0.2, 0.25) is 5.91 Å². The van der Waals surface area contributed by atoms with Crippen LogP contribution in [0.1, 0.15) is 24.3 Å². The first-order chi connectivity index (χ1) is 8.58. The van der Waals surface area contributed by atoms with Crippen LogP contribution < -0.4 is 0 Å². The van der Waals surface area contributed by atoms with Crippen molar-refractivity contribution in [2.45, 2.75) is 32.6 Å². The van der Waals surface area contributed by atoms with Crippen molar-refractivity contribution in [3.8, 4) is 0 Å². The second-order valence-corrected chi connectivity index (χ2v) is 4.51. The summed E-state index contributed by atoms with van der Waals surface area (Å²) in [4.78, 5) is 24.3. The zero-order valence-electron chi connectivity index (χ0n) is 10.4. The number of morpholine rings is 1. The fourth-order valence-corrected chi connectivity index (χ4v) is 2.06. The number of aromatic nitrogens is 3. The van der Waals surface area contributed by atoms with E-state index in [1.165, 1.54) is 10.9 Å². The molecule has 98 valence electrons. The van der Waals surface area contributed by atoms with Crippen LogP contribution in [0.25, 0.3) is 0 Å². The number of hydrogen-bond acceptors (Lipinski definition) is 5. The van der Waals surface area contributed by atoms with E-state index in [9.17, 15) is 9.59 Å². The average Bonchev–Trinajstić information content (AvgIpc) is 2.75. The molecule has 1 aliphatic heterocycles. The minimum Gasteiger partial charge on any atom is -0.372 e. The summed E-state index contributed by atoms with van der Waals surface area (Å²) in [5.41, 5.74) is 0.228. The quantitative estimate of drug-likeness (QED) is 0.692. The van der Waals surface area contributed by atoms with Crippen molar-refractivity contribution in [2.75, 3.05) is 13.1 Å². The number of carbonyl (C=O) groups excluding carboxylic acids is 2. The van der Waals surface area contributed by atoms with E-state index < -0.39 is 0 Å². The van der Waals surface area contributed by atoms with Gasteiger partial charge in [-0.05, 0) is 13.8 Å². The number of hydrogen-bond donors (Lipinski definition) is 0. The Hall–Kier alpha value is -1.76. The van der Waals surface area contributed by atoms with Gasteiger partial charge in [-0.25, -0.2) is 4.68 Å². The average molecular weight is 252 g/mol. The van der Waals surface area contributed by atoms with Crippen LogP contribution in [-0.2, 0) is 16.1 Å². The highest BCUT2D eigenvalue weighted by atomic mass is 16.5. The van der Waals surface area contributed by atoms with Crippen molar-refractivity contribution in [3.63, 3.8) is 0 Å². The van der Waals surface area contributed by atoms with Gasteiger partial charge in [0.1, 0.15) is 12.2 Å². The minimum absolute atomic E-state index is 0.0407. The van der Waals surface area contributed by atoms with Gasteiger partial charge in [0.25, 0.3) is 0 Å². The third kappa shape index (κ3) is 2.92. The molecule has 1 aliphatic rings. The van der Waals surface area contributed by atoms with Crippen molar-refractivity contribution < 1.29 is 14.3 Å². The molecule has 2 rings (SSSR count). The SMILES string of the molecule is CC1CN(C(=O)Cn2cc(C=O)nn2)CC(C)O1. The molecule has 1 amide bonds. The molecule has 0 spiro atoms. The summed E-state index contributed by atoms with van der Waals surface area (Å²) in [5, 5.41) is 7.33. The van der Waals surface area contributed by atoms with E-state index in [0.717, 1.165) is 0 Å². The van der Waals surface area contributed by atoms with E-state index in [-0.39, 0.29) is 30.4 Å². The third-order valence-corrected chi connectivity index (χ3v) is 2.75. The predicted molar refractivity (Wildman–Crippen MR) is 62.0 cm³/mol. The van der Waals surface area contributed by atoms with Gasteiger partial charge in [-0.15, -0.1) is 5.10 Å². The van der Waals surface area contributed by atoms with Gasteiger partial charge in [-0.3, -0.25) is 9.59 Å². The number of amides is 1. The highest BCUT2D eigenvalue weighted by Gasteiger charge is 2.25. The highest BCUT2D eigenvalue weighted by Crippen LogP contribution is 2.11. The highest BCUT2D eigenvalue weighted by molar-refractivity contribution is 5.76. The molecular formula is C11H16N4O3. The second-order valence-electron chi connectivity index (χ2n) is 4.51. The van der Waals surface area contributed by atoms with E-state index in [1.54, 1.807) is 4.90 Å². The van der Waals surface area contributed by atoms with E-state index in [0.29, 0.717) is 19.4 Å². The van der Waals surface area contributed by atoms with Gasteiger partial charge in [0, 0.05) is 13.1 Å². The van der Waals surface area contributed by atoms with Crippen molar-refractivity contribution in [1.82, 2.24) is 19.9 Å². The zero-order valence-corrected chi connectivity index (χ0v) is 10.4. The summed E-state index contributed by atoms with van der Waals surface area (Å²) in [6.07, 6.45) is 2.14. The minimum atomic E-state index is -0.0423. The van der Waals surface area contributed by atoms with Crippen LogP contribution >= 0.6 is 0 Å². The van der Waals surface area contributed by atoms with E-state index in [2.05, 4.69) is 10.3 Å². The molecule has 2 atom stereocenters. The van der Waals surface area contributed by atoms with Gasteiger partial charge in [-0.1, -0.05) is 5.21 Å². The van der Waals surface area contributed by atoms with Gasteiger partial charge >= 0.3 is 0 Å². The monoisotopic (exact) mass is 252 g/mol. The molecule has 2 heterocycles. The van der Waals surface area contributed by atoms with Crippen LogP contribution in [0.5, 0.6) is 0 Å². The Morgan fingerprint density at radius 3 is 2.72 bits per heavy atom. The molecular weight excluding hydrogens is 236 g/mol. The molecule has 0 aromatic carbocycles. The molecule has 0 saturated carbocycles. The normalized spacial score (nSPS) is 24.0. The molecule has 1 saturated heterocycles. The second kappa shape index (κ2) is 5.26. The van der Waals surface area contributed by atoms with Gasteiger partial charge in [-0.2, -0.15) is 0 Å². The molecule has 2 unspecified atom stereocenters. The molecule has 0 N–H and O–H groups in total. The molecule has 7 nitrogen and oxygen atoms in total. The predicted octanol–water partition coefficient (Wildman–Crippen LogP) is -0.274. The standard InChI is InChI=1S/C11H16N4O3/c1-8-3-14(4-9(2)18-8)11(17)6-15-5-10(7-16)12-13-15/h5,7-9H,3-4,6H2,1-2H3. The Balaban J connectivity index is 1.96. The summed E-state index contributed by atoms with van der Waals surface area (Å²) in [7, 11) is 0. The first-order valence-corrected chi connectivity index (χ1v) is 5.87. The number of ether oxygens (including phenoxy) is 1. The lowest BCUT2D eigenvalue weighted by Crippen LogP contribution is -2.49. The zero-order chi connectivity index (χ0) is 13.1. The number of nitrogens with zero attached hydrogens (tertiary/aromatic N) is 4. The van der Waals surface area contributed by atoms with Crippen LogP contribution in [-0.4, -0.2) is 57.4 Å². The topological polar surface area (TPSA) is 77.3 Å². The van der Waals surface area contributed by atoms with Crippen LogP contribution in [0.3, 0.4) is 0 Å². The lowest BCUT2D eigenvalue weighted by atomic mass is 10.2. The summed E-state index contributed by atoms with van der Waals surface area (Å²) < 4.78 is 6.94. The molecule has 1 aromatic rings. The molecule has 0 bridgehead atoms. The van der Waals surface area contributed by atoms with Crippen LogP contribution in [0.4, 0.5) is 0 Å². The smallest absolute Gasteiger partial charge is 0.244 e. The summed E-state index contributed by atoms with van der Waals surface area (Å²) in [5.74, 6) is -0.0423. The Morgan fingerprint density at radius 2 is 2.17 bits per heavy atom. The summed E-state index contributed by atoms with van der Waals surface area (Å²) in [6, 6.07) is 0. The van der Waals surface area contributed by atoms with Gasteiger partial charge in [0.15, 0.2) is 6.29 Å². The summed E-state index contributed by atoms with van der Waals surface area (Å²) >= 11 is 0. The van der Waals surface area contributed by atoms with Gasteiger partial charge < -0.3 is 9.64 Å². The van der Waals surface area contributed by atoms with E-state index in [4.69, 9.17) is 4.74 Å². The number of rotatable bonds is 3. The largest absolute Gasteiger partial charge is 0.372 e. The first-order valence-electron chi connectivity index (χ1n) is 5.87. The van der Waals surface area contributed by atoms with Gasteiger partial charge in [0.05, 0.1) is 18.4 Å². The molecule has 0 radical (unpaired) electrons. The molecule has 0 aliphatic carbocycles. The molecule has 18 heavy (non-hydrogen) atoms. The maximum absolute atomic E-state index is 12.0. The Bertz CT molecular complexity index is 435. The van der Waals surface area contributed by atoms with Crippen LogP contribution in [0, 0.1) is 0 Å². The Kier molecular flexibility index (Phi) is 3.71. The number of aldehydes is 1. The van der Waals surface area contributed by atoms with Crippen molar-refractivity contribution in [1.29, 1.82) is 0 Å². The third-order valence-electron chi connectivity index (χ3n) is 2.75. The van der Waals surface area contributed by atoms with E-state index in [1.807, 2.05) is 13.8 Å². The fraction of sp³-hybridized carbons (Fsp3) is 0.636. The lowest BCUT2D eigenvalue weighted by Gasteiger charge is -2.35. The Morgan fingerprint density at radius 1 is 1.50 bits per heavy atom. The molecule has 7 heteroatoms. The van der Waals surface area contributed by atoms with Crippen LogP contribution in [0.15, 0.2) is 6.20 Å². The maximum Gasteiger partial charge on any atom is 0.244 e. The first kappa shape index (κ1) is 12.7. The lowest BCUT2D eigenvalue weighted by molar-refractivity contribution is -0.144. The number of carbonyl (C=O) groups is 2. The van der Waals surface area contributed by atoms with Crippen LogP contribution in [0.2, 0.25) is 0 Å². The molecule has 1 fully saturated rings. The Labute approximate surface area is 105 Å². The van der Waals surface area contributed by atoms with E-state index >= 15 is 0 Å². The maximum atomic E-state index is 12.0. The van der Waals surface area contributed by atoms with Crippen molar-refractivity contribution in [2.24, 2.45) is 0 Å². The molecule has 1 aromatic heterocycles. The fourth-order valence-electron chi connectivity index (χ4n) is 2.06. The van der Waals surface area contributed by atoms with Crippen molar-refractivity contribution >= 4 is 12.2 Å².